The van der Waals surface area contributed by atoms with Crippen LogP contribution in [0.2, 0.25) is 0 Å². The van der Waals surface area contributed by atoms with E-state index < -0.39 is 24.3 Å². The Morgan fingerprint density at radius 3 is 2.31 bits per heavy atom. The summed E-state index contributed by atoms with van der Waals surface area (Å²) in [6.45, 7) is 3.59. The Bertz CT molecular complexity index is 1130. The summed E-state index contributed by atoms with van der Waals surface area (Å²) >= 11 is 0. The highest BCUT2D eigenvalue weighted by molar-refractivity contribution is 5.73. The molecule has 0 saturated carbocycles. The van der Waals surface area contributed by atoms with Gasteiger partial charge in [-0.3, -0.25) is 9.88 Å². The maximum Gasteiger partial charge on any atom is 0.490 e. The quantitative estimate of drug-likeness (QED) is 0.472. The number of nitrogens with zero attached hydrogens (tertiary/aromatic N) is 4. The molecular weight excluding hydrogens is 540 g/mol. The molecule has 2 aromatic heterocycles. The molecule has 2 aliphatic rings. The molecule has 4 rings (SSSR count). The number of aliphatic carboxylic acids is 2. The first-order chi connectivity index (χ1) is 18.1. The van der Waals surface area contributed by atoms with E-state index in [2.05, 4.69) is 32.3 Å². The van der Waals surface area contributed by atoms with E-state index in [1.165, 1.54) is 5.56 Å². The van der Waals surface area contributed by atoms with E-state index in [1.807, 2.05) is 24.4 Å². The molecule has 2 atom stereocenters. The van der Waals surface area contributed by atoms with Crippen molar-refractivity contribution in [3.8, 4) is 6.07 Å². The van der Waals surface area contributed by atoms with Crippen LogP contribution in [0.1, 0.15) is 24.1 Å². The minimum atomic E-state index is -5.08. The van der Waals surface area contributed by atoms with Crippen LogP contribution < -0.4 is 5.32 Å². The maximum atomic E-state index is 10.6. The van der Waals surface area contributed by atoms with Crippen LogP contribution in [0.25, 0.3) is 0 Å². The van der Waals surface area contributed by atoms with E-state index >= 15 is 0 Å². The van der Waals surface area contributed by atoms with Gasteiger partial charge in [-0.15, -0.1) is 0 Å². The average Bonchev–Trinajstić information content (AvgIpc) is 3.44. The number of halogens is 6. The van der Waals surface area contributed by atoms with Gasteiger partial charge in [-0.25, -0.2) is 14.6 Å². The predicted octanol–water partition coefficient (Wildman–Crippen LogP) is 3.46. The Morgan fingerprint density at radius 1 is 1.13 bits per heavy atom. The minimum absolute atomic E-state index is 0.0628. The standard InChI is InChI=1S/C19H21N5O.2C2HF3O2/c20-10-16-4-1-5-18(22-16)23-17-9-19(25-13-17)6-8-24(14-19)12-15-3-2-7-21-11-15;2*3-2(4,5)1(6)7/h1-5,7,11,17H,6,8-9,12-14H2,(H,22,23);2*(H,6,7). The molecule has 0 radical (unpaired) electrons. The Balaban J connectivity index is 0.000000317. The van der Waals surface area contributed by atoms with Gasteiger partial charge >= 0.3 is 24.3 Å². The predicted molar refractivity (Wildman–Crippen MR) is 121 cm³/mol. The molecule has 10 nitrogen and oxygen atoms in total. The largest absolute Gasteiger partial charge is 0.490 e. The SMILES string of the molecule is N#Cc1cccc(NC2COC3(CCN(Cc4cccnc4)C3)C2)n1.O=C(O)C(F)(F)F.O=C(O)C(F)(F)F. The van der Waals surface area contributed by atoms with Crippen LogP contribution in [0.5, 0.6) is 0 Å². The first kappa shape index (κ1) is 31.2. The summed E-state index contributed by atoms with van der Waals surface area (Å²) < 4.78 is 69.7. The summed E-state index contributed by atoms with van der Waals surface area (Å²) in [5, 5.41) is 26.6. The third kappa shape index (κ3) is 10.4. The molecule has 212 valence electrons. The van der Waals surface area contributed by atoms with Crippen molar-refractivity contribution in [2.45, 2.75) is 43.4 Å². The molecule has 2 fully saturated rings. The average molecular weight is 563 g/mol. The lowest BCUT2D eigenvalue weighted by Crippen LogP contribution is -2.33. The fraction of sp³-hybridized carbons (Fsp3) is 0.435. The second-order valence-corrected chi connectivity index (χ2v) is 8.49. The molecular formula is C23H23F6N5O5. The van der Waals surface area contributed by atoms with Crippen LogP contribution in [-0.2, 0) is 20.9 Å². The summed E-state index contributed by atoms with van der Waals surface area (Å²) in [5.41, 5.74) is 1.61. The number of carbonyl (C=O) groups is 2. The van der Waals surface area contributed by atoms with Gasteiger partial charge in [0.1, 0.15) is 17.6 Å². The highest BCUT2D eigenvalue weighted by Crippen LogP contribution is 2.36. The Hall–Kier alpha value is -3.97. The highest BCUT2D eigenvalue weighted by atomic mass is 19.4. The molecule has 4 heterocycles. The lowest BCUT2D eigenvalue weighted by molar-refractivity contribution is -0.193. The van der Waals surface area contributed by atoms with Gasteiger partial charge in [-0.1, -0.05) is 12.1 Å². The number of hydrogen-bond acceptors (Lipinski definition) is 8. The highest BCUT2D eigenvalue weighted by Gasteiger charge is 2.45. The molecule has 2 aliphatic heterocycles. The second-order valence-electron chi connectivity index (χ2n) is 8.49. The summed E-state index contributed by atoms with van der Waals surface area (Å²) in [4.78, 5) is 28.7. The fourth-order valence-electron chi connectivity index (χ4n) is 3.82. The first-order valence-corrected chi connectivity index (χ1v) is 11.1. The Labute approximate surface area is 217 Å². The molecule has 0 aliphatic carbocycles. The van der Waals surface area contributed by atoms with Crippen molar-refractivity contribution in [2.75, 3.05) is 25.0 Å². The van der Waals surface area contributed by atoms with Crippen molar-refractivity contribution in [3.63, 3.8) is 0 Å². The zero-order chi connectivity index (χ0) is 29.3. The van der Waals surface area contributed by atoms with Gasteiger partial charge in [0.05, 0.1) is 18.2 Å². The smallest absolute Gasteiger partial charge is 0.475 e. The van der Waals surface area contributed by atoms with Crippen LogP contribution in [-0.4, -0.2) is 80.7 Å². The van der Waals surface area contributed by atoms with Gasteiger partial charge in [0.25, 0.3) is 0 Å². The van der Waals surface area contributed by atoms with E-state index in [9.17, 15) is 26.3 Å². The van der Waals surface area contributed by atoms with Crippen molar-refractivity contribution in [1.29, 1.82) is 5.26 Å². The van der Waals surface area contributed by atoms with E-state index in [0.29, 0.717) is 12.3 Å². The van der Waals surface area contributed by atoms with Gasteiger partial charge in [0.2, 0.25) is 0 Å². The van der Waals surface area contributed by atoms with E-state index in [0.717, 1.165) is 38.3 Å². The van der Waals surface area contributed by atoms with Gasteiger partial charge < -0.3 is 20.3 Å². The molecule has 0 aromatic carbocycles. The minimum Gasteiger partial charge on any atom is -0.475 e. The Morgan fingerprint density at radius 2 is 1.77 bits per heavy atom. The number of likely N-dealkylation sites (tertiary alicyclic amines) is 1. The Kier molecular flexibility index (Phi) is 10.6. The monoisotopic (exact) mass is 563 g/mol. The van der Waals surface area contributed by atoms with Crippen molar-refractivity contribution in [2.24, 2.45) is 0 Å². The van der Waals surface area contributed by atoms with Crippen LogP contribution >= 0.6 is 0 Å². The number of carboxylic acids is 2. The number of carboxylic acid groups (broad SMARTS) is 2. The van der Waals surface area contributed by atoms with E-state index in [1.54, 1.807) is 12.3 Å². The third-order valence-corrected chi connectivity index (χ3v) is 5.43. The summed E-state index contributed by atoms with van der Waals surface area (Å²) in [7, 11) is 0. The molecule has 39 heavy (non-hydrogen) atoms. The van der Waals surface area contributed by atoms with Gasteiger partial charge in [-0.05, 0) is 30.2 Å². The summed E-state index contributed by atoms with van der Waals surface area (Å²) in [6.07, 6.45) is -4.41. The zero-order valence-corrected chi connectivity index (χ0v) is 20.0. The molecule has 0 bridgehead atoms. The van der Waals surface area contributed by atoms with Crippen LogP contribution in [0, 0.1) is 11.3 Å². The summed E-state index contributed by atoms with van der Waals surface area (Å²) in [5.74, 6) is -4.77. The van der Waals surface area contributed by atoms with Crippen LogP contribution in [0.3, 0.4) is 0 Å². The number of ether oxygens (including phenoxy) is 1. The number of rotatable bonds is 4. The second kappa shape index (κ2) is 13.2. The van der Waals surface area contributed by atoms with Crippen LogP contribution in [0.4, 0.5) is 32.2 Å². The zero-order valence-electron chi connectivity index (χ0n) is 20.0. The first-order valence-electron chi connectivity index (χ1n) is 11.1. The normalized spacial score (nSPS) is 20.7. The molecule has 3 N–H and O–H groups in total. The lowest BCUT2D eigenvalue weighted by atomic mass is 9.97. The van der Waals surface area contributed by atoms with E-state index in [4.69, 9.17) is 29.8 Å². The maximum absolute atomic E-state index is 10.6. The van der Waals surface area contributed by atoms with E-state index in [-0.39, 0.29) is 11.6 Å². The van der Waals surface area contributed by atoms with Gasteiger partial charge in [0, 0.05) is 38.4 Å². The number of nitrogens with one attached hydrogen (secondary N) is 1. The van der Waals surface area contributed by atoms with Gasteiger partial charge in [-0.2, -0.15) is 31.6 Å². The molecule has 1 spiro atoms. The summed E-state index contributed by atoms with van der Waals surface area (Å²) in [6, 6.07) is 11.9. The van der Waals surface area contributed by atoms with Gasteiger partial charge in [0.15, 0.2) is 0 Å². The molecule has 2 aromatic rings. The lowest BCUT2D eigenvalue weighted by Gasteiger charge is -2.23. The number of anilines is 1. The molecule has 16 heteroatoms. The number of hydrogen-bond donors (Lipinski definition) is 3. The number of alkyl halides is 6. The van der Waals surface area contributed by atoms with Crippen molar-refractivity contribution in [3.05, 3.63) is 54.0 Å². The van der Waals surface area contributed by atoms with Crippen molar-refractivity contribution >= 4 is 17.8 Å². The topological polar surface area (TPSA) is 149 Å². The number of nitriles is 1. The van der Waals surface area contributed by atoms with Crippen molar-refractivity contribution in [1.82, 2.24) is 14.9 Å². The fourth-order valence-corrected chi connectivity index (χ4v) is 3.82. The molecule has 2 saturated heterocycles. The third-order valence-electron chi connectivity index (χ3n) is 5.43. The van der Waals surface area contributed by atoms with Crippen molar-refractivity contribution < 1.29 is 50.9 Å². The molecule has 2 unspecified atom stereocenters. The number of pyridine rings is 2. The van der Waals surface area contributed by atoms with Crippen LogP contribution in [0.15, 0.2) is 42.7 Å². The molecule has 0 amide bonds. The number of aromatic nitrogens is 2.